The molecule has 0 saturated carbocycles. The van der Waals surface area contributed by atoms with Crippen molar-refractivity contribution in [1.29, 1.82) is 0 Å². The topological polar surface area (TPSA) is 57.7 Å². The molecule has 0 aliphatic carbocycles. The molecule has 0 fully saturated rings. The predicted octanol–water partition coefficient (Wildman–Crippen LogP) is 6.20. The van der Waals surface area contributed by atoms with Crippen LogP contribution in [0, 0.1) is 0 Å². The summed E-state index contributed by atoms with van der Waals surface area (Å²) >= 11 is 0. The van der Waals surface area contributed by atoms with Crippen LogP contribution in [0.25, 0.3) is 22.3 Å². The Morgan fingerprint density at radius 2 is 1.60 bits per heavy atom. The number of pyridine rings is 1. The Kier molecular flexibility index (Phi) is 7.98. The molecule has 30 heavy (non-hydrogen) atoms. The molecule has 1 atom stereocenters. The van der Waals surface area contributed by atoms with Crippen molar-refractivity contribution in [1.82, 2.24) is 4.98 Å². The molecule has 3 rings (SSSR count). The molecule has 5 nitrogen and oxygen atoms in total. The van der Waals surface area contributed by atoms with E-state index in [1.54, 1.807) is 13.1 Å². The van der Waals surface area contributed by atoms with E-state index in [0.717, 1.165) is 35.1 Å². The lowest BCUT2D eigenvalue weighted by Gasteiger charge is -2.19. The molecule has 0 saturated heterocycles. The zero-order valence-corrected chi connectivity index (χ0v) is 17.4. The Balaban J connectivity index is 1.92. The fraction of sp³-hybridized carbons (Fsp3) is 0.280. The van der Waals surface area contributed by atoms with E-state index in [1.165, 1.54) is 0 Å². The highest BCUT2D eigenvalue weighted by atomic mass is 17.2. The molecule has 0 amide bonds. The van der Waals surface area contributed by atoms with Gasteiger partial charge < -0.3 is 4.74 Å². The predicted molar refractivity (Wildman–Crippen MR) is 117 cm³/mol. The van der Waals surface area contributed by atoms with Gasteiger partial charge in [0, 0.05) is 30.2 Å². The first-order chi connectivity index (χ1) is 14.7. The van der Waals surface area contributed by atoms with E-state index in [2.05, 4.69) is 18.0 Å². The van der Waals surface area contributed by atoms with Gasteiger partial charge in [0.25, 0.3) is 0 Å². The summed E-state index contributed by atoms with van der Waals surface area (Å²) in [5.74, 6) is 0.00491. The molecule has 5 heteroatoms. The highest BCUT2D eigenvalue weighted by molar-refractivity contribution is 5.75. The smallest absolute Gasteiger partial charge is 0.342 e. The van der Waals surface area contributed by atoms with Crippen molar-refractivity contribution in [3.8, 4) is 28.1 Å². The molecular formula is C25H27NO4. The summed E-state index contributed by atoms with van der Waals surface area (Å²) in [6, 6.07) is 22.1. The van der Waals surface area contributed by atoms with Crippen LogP contribution < -0.4 is 4.74 Å². The second-order valence-corrected chi connectivity index (χ2v) is 6.90. The molecule has 2 aromatic carbocycles. The lowest BCUT2D eigenvalue weighted by atomic mass is 10.0. The van der Waals surface area contributed by atoms with Crippen molar-refractivity contribution in [3.63, 3.8) is 0 Å². The average molecular weight is 405 g/mol. The lowest BCUT2D eigenvalue weighted by molar-refractivity contribution is -0.336. The molecular weight excluding hydrogens is 378 g/mol. The molecule has 156 valence electrons. The normalized spacial score (nSPS) is 11.7. The number of nitrogens with zero attached hydrogens (tertiary/aromatic N) is 1. The Bertz CT molecular complexity index is 928. The van der Waals surface area contributed by atoms with Crippen molar-refractivity contribution < 1.29 is 19.3 Å². The van der Waals surface area contributed by atoms with Crippen molar-refractivity contribution in [2.45, 2.75) is 45.8 Å². The molecule has 1 aromatic heterocycles. The number of unbranched alkanes of at least 4 members (excludes halogenated alkanes) is 1. The van der Waals surface area contributed by atoms with Crippen molar-refractivity contribution >= 4 is 5.97 Å². The summed E-state index contributed by atoms with van der Waals surface area (Å²) in [7, 11) is 0. The first kappa shape index (κ1) is 21.5. The van der Waals surface area contributed by atoms with Crippen LogP contribution >= 0.6 is 0 Å². The first-order valence-corrected chi connectivity index (χ1v) is 10.3. The molecule has 0 spiro atoms. The van der Waals surface area contributed by atoms with Crippen LogP contribution in [-0.2, 0) is 14.6 Å². The van der Waals surface area contributed by atoms with Crippen molar-refractivity contribution in [2.24, 2.45) is 0 Å². The Hall–Kier alpha value is -3.18. The number of carbonyl (C=O) groups is 1. The van der Waals surface area contributed by atoms with Gasteiger partial charge in [-0.15, -0.1) is 4.89 Å². The summed E-state index contributed by atoms with van der Waals surface area (Å²) in [5.41, 5.74) is 3.90. The SMILES string of the molecule is CCCCC(OOC(=O)CC)Oc1ncc(-c2ccccc2)cc1-c1ccccc1. The first-order valence-electron chi connectivity index (χ1n) is 10.3. The van der Waals surface area contributed by atoms with Crippen LogP contribution in [-0.4, -0.2) is 17.2 Å². The minimum Gasteiger partial charge on any atom is -0.443 e. The van der Waals surface area contributed by atoms with Gasteiger partial charge in [0.05, 0.1) is 0 Å². The number of aromatic nitrogens is 1. The molecule has 0 N–H and O–H groups in total. The van der Waals surface area contributed by atoms with Gasteiger partial charge in [0.2, 0.25) is 12.2 Å². The van der Waals surface area contributed by atoms with E-state index >= 15 is 0 Å². The summed E-state index contributed by atoms with van der Waals surface area (Å²) in [6.07, 6.45) is 3.72. The van der Waals surface area contributed by atoms with Gasteiger partial charge >= 0.3 is 5.97 Å². The third-order valence-corrected chi connectivity index (χ3v) is 4.62. The largest absolute Gasteiger partial charge is 0.443 e. The highest BCUT2D eigenvalue weighted by Crippen LogP contribution is 2.33. The fourth-order valence-corrected chi connectivity index (χ4v) is 2.95. The van der Waals surface area contributed by atoms with Crippen LogP contribution in [0.4, 0.5) is 0 Å². The number of benzene rings is 2. The standard InChI is InChI=1S/C25H27NO4/c1-3-5-16-24(30-29-23(27)4-2)28-25-22(20-14-10-7-11-15-20)17-21(18-26-25)19-12-8-6-9-13-19/h6-15,17-18,24H,3-5,16H2,1-2H3. The Labute approximate surface area is 177 Å². The highest BCUT2D eigenvalue weighted by Gasteiger charge is 2.19. The fourth-order valence-electron chi connectivity index (χ4n) is 2.95. The zero-order chi connectivity index (χ0) is 21.2. The van der Waals surface area contributed by atoms with Gasteiger partial charge in [0.1, 0.15) is 0 Å². The lowest BCUT2D eigenvalue weighted by Crippen LogP contribution is -2.23. The zero-order valence-electron chi connectivity index (χ0n) is 17.4. The number of carbonyl (C=O) groups excluding carboxylic acids is 1. The Morgan fingerprint density at radius 3 is 2.23 bits per heavy atom. The monoisotopic (exact) mass is 405 g/mol. The number of ether oxygens (including phenoxy) is 1. The van der Waals surface area contributed by atoms with Crippen LogP contribution in [0.5, 0.6) is 5.88 Å². The van der Waals surface area contributed by atoms with E-state index in [4.69, 9.17) is 14.5 Å². The maximum Gasteiger partial charge on any atom is 0.342 e. The van der Waals surface area contributed by atoms with E-state index < -0.39 is 12.3 Å². The average Bonchev–Trinajstić information content (AvgIpc) is 2.81. The minimum atomic E-state index is -0.724. The maximum atomic E-state index is 11.5. The molecule has 3 aromatic rings. The van der Waals surface area contributed by atoms with Gasteiger partial charge in [0.15, 0.2) is 0 Å². The van der Waals surface area contributed by atoms with Gasteiger partial charge in [-0.2, -0.15) is 0 Å². The second kappa shape index (κ2) is 11.1. The summed E-state index contributed by atoms with van der Waals surface area (Å²) < 4.78 is 6.08. The van der Waals surface area contributed by atoms with Crippen molar-refractivity contribution in [2.75, 3.05) is 0 Å². The molecule has 1 heterocycles. The quantitative estimate of drug-likeness (QED) is 0.228. The van der Waals surface area contributed by atoms with Crippen LogP contribution in [0.3, 0.4) is 0 Å². The number of hydrogen-bond donors (Lipinski definition) is 0. The molecule has 1 unspecified atom stereocenters. The van der Waals surface area contributed by atoms with Crippen molar-refractivity contribution in [3.05, 3.63) is 72.9 Å². The maximum absolute atomic E-state index is 11.5. The van der Waals surface area contributed by atoms with E-state index in [1.807, 2.05) is 60.7 Å². The van der Waals surface area contributed by atoms with Gasteiger partial charge in [-0.05, 0) is 23.6 Å². The van der Waals surface area contributed by atoms with Gasteiger partial charge in [-0.3, -0.25) is 4.89 Å². The van der Waals surface area contributed by atoms with Crippen LogP contribution in [0.15, 0.2) is 72.9 Å². The van der Waals surface area contributed by atoms with Gasteiger partial charge in [-0.1, -0.05) is 80.9 Å². The van der Waals surface area contributed by atoms with Crippen LogP contribution in [0.2, 0.25) is 0 Å². The third-order valence-electron chi connectivity index (χ3n) is 4.62. The van der Waals surface area contributed by atoms with E-state index in [0.29, 0.717) is 12.3 Å². The summed E-state index contributed by atoms with van der Waals surface area (Å²) in [5, 5.41) is 0. The van der Waals surface area contributed by atoms with Gasteiger partial charge in [-0.25, -0.2) is 9.78 Å². The molecule has 0 aliphatic heterocycles. The third kappa shape index (κ3) is 5.91. The Morgan fingerprint density at radius 1 is 0.933 bits per heavy atom. The number of rotatable bonds is 10. The molecule has 0 radical (unpaired) electrons. The second-order valence-electron chi connectivity index (χ2n) is 6.90. The summed E-state index contributed by atoms with van der Waals surface area (Å²) in [6.45, 7) is 3.79. The summed E-state index contributed by atoms with van der Waals surface area (Å²) in [4.78, 5) is 26.3. The minimum absolute atomic E-state index is 0.236. The number of hydrogen-bond acceptors (Lipinski definition) is 5. The molecule has 0 bridgehead atoms. The molecule has 0 aliphatic rings. The van der Waals surface area contributed by atoms with E-state index in [-0.39, 0.29) is 6.42 Å². The van der Waals surface area contributed by atoms with E-state index in [9.17, 15) is 4.79 Å². The van der Waals surface area contributed by atoms with Crippen LogP contribution in [0.1, 0.15) is 39.5 Å².